The SMILES string of the molecule is NCc1cc(N2CCN(C3CC3)CC2)ncc1Cl. The zero-order valence-corrected chi connectivity index (χ0v) is 11.2. The molecule has 0 radical (unpaired) electrons. The van der Waals surface area contributed by atoms with Gasteiger partial charge in [0.25, 0.3) is 0 Å². The number of hydrogen-bond donors (Lipinski definition) is 1. The quantitative estimate of drug-likeness (QED) is 0.900. The van der Waals surface area contributed by atoms with Crippen molar-refractivity contribution in [2.45, 2.75) is 25.4 Å². The van der Waals surface area contributed by atoms with Gasteiger partial charge in [-0.1, -0.05) is 11.6 Å². The maximum atomic E-state index is 6.04. The molecule has 4 nitrogen and oxygen atoms in total. The Bertz CT molecular complexity index is 425. The fourth-order valence-electron chi connectivity index (χ4n) is 2.55. The minimum Gasteiger partial charge on any atom is -0.354 e. The number of nitrogens with two attached hydrogens (primary N) is 1. The number of pyridine rings is 1. The van der Waals surface area contributed by atoms with Crippen molar-refractivity contribution >= 4 is 17.4 Å². The minimum absolute atomic E-state index is 0.469. The van der Waals surface area contributed by atoms with Gasteiger partial charge in [-0.15, -0.1) is 0 Å². The molecule has 0 amide bonds. The molecule has 2 fully saturated rings. The minimum atomic E-state index is 0.469. The summed E-state index contributed by atoms with van der Waals surface area (Å²) >= 11 is 6.04. The maximum Gasteiger partial charge on any atom is 0.128 e. The molecule has 1 aliphatic heterocycles. The molecule has 1 aromatic rings. The van der Waals surface area contributed by atoms with Crippen molar-refractivity contribution in [1.82, 2.24) is 9.88 Å². The van der Waals surface area contributed by atoms with E-state index in [2.05, 4.69) is 14.8 Å². The predicted octanol–water partition coefficient (Wildman–Crippen LogP) is 1.48. The van der Waals surface area contributed by atoms with Crippen LogP contribution < -0.4 is 10.6 Å². The molecule has 0 unspecified atom stereocenters. The van der Waals surface area contributed by atoms with Crippen LogP contribution in [0.25, 0.3) is 0 Å². The van der Waals surface area contributed by atoms with E-state index < -0.39 is 0 Å². The highest BCUT2D eigenvalue weighted by atomic mass is 35.5. The van der Waals surface area contributed by atoms with Gasteiger partial charge in [-0.3, -0.25) is 4.90 Å². The first-order valence-electron chi connectivity index (χ1n) is 6.61. The van der Waals surface area contributed by atoms with Crippen LogP contribution in [0.1, 0.15) is 18.4 Å². The Morgan fingerprint density at radius 1 is 1.28 bits per heavy atom. The fourth-order valence-corrected chi connectivity index (χ4v) is 2.73. The van der Waals surface area contributed by atoms with Crippen LogP contribution in [0.3, 0.4) is 0 Å². The van der Waals surface area contributed by atoms with Gasteiger partial charge < -0.3 is 10.6 Å². The summed E-state index contributed by atoms with van der Waals surface area (Å²) in [6, 6.07) is 2.89. The average molecular weight is 267 g/mol. The average Bonchev–Trinajstić information content (AvgIpc) is 3.24. The molecule has 0 atom stereocenters. The summed E-state index contributed by atoms with van der Waals surface area (Å²) in [5.74, 6) is 1.01. The molecule has 0 aromatic carbocycles. The van der Waals surface area contributed by atoms with Gasteiger partial charge in [0.1, 0.15) is 5.82 Å². The van der Waals surface area contributed by atoms with E-state index in [1.165, 1.54) is 12.8 Å². The molecule has 2 aliphatic rings. The van der Waals surface area contributed by atoms with E-state index in [-0.39, 0.29) is 0 Å². The standard InChI is InChI=1S/C13H19ClN4/c14-12-9-16-13(7-10(12)8-15)18-5-3-17(4-6-18)11-1-2-11/h7,9,11H,1-6,8,15H2. The summed E-state index contributed by atoms with van der Waals surface area (Å²) in [5.41, 5.74) is 6.66. The van der Waals surface area contributed by atoms with Gasteiger partial charge >= 0.3 is 0 Å². The van der Waals surface area contributed by atoms with Crippen molar-refractivity contribution in [2.75, 3.05) is 31.1 Å². The van der Waals surface area contributed by atoms with Gasteiger partial charge in [0, 0.05) is 45.0 Å². The van der Waals surface area contributed by atoms with Crippen molar-refractivity contribution < 1.29 is 0 Å². The first kappa shape index (κ1) is 12.2. The second kappa shape index (κ2) is 5.03. The smallest absolute Gasteiger partial charge is 0.128 e. The number of halogens is 1. The van der Waals surface area contributed by atoms with Crippen LogP contribution in [-0.4, -0.2) is 42.1 Å². The van der Waals surface area contributed by atoms with Crippen LogP contribution >= 0.6 is 11.6 Å². The van der Waals surface area contributed by atoms with Crippen LogP contribution in [0.2, 0.25) is 5.02 Å². The van der Waals surface area contributed by atoms with Gasteiger partial charge in [-0.05, 0) is 24.5 Å². The molecular weight excluding hydrogens is 248 g/mol. The predicted molar refractivity (Wildman–Crippen MR) is 73.9 cm³/mol. The van der Waals surface area contributed by atoms with Crippen LogP contribution in [0.15, 0.2) is 12.3 Å². The van der Waals surface area contributed by atoms with Crippen LogP contribution in [-0.2, 0) is 6.54 Å². The van der Waals surface area contributed by atoms with E-state index in [4.69, 9.17) is 17.3 Å². The van der Waals surface area contributed by atoms with Gasteiger partial charge in [-0.25, -0.2) is 4.98 Å². The number of rotatable bonds is 3. The number of anilines is 1. The molecule has 2 heterocycles. The molecule has 1 saturated heterocycles. The van der Waals surface area contributed by atoms with Crippen LogP contribution in [0.4, 0.5) is 5.82 Å². The summed E-state index contributed by atoms with van der Waals surface area (Å²) in [5, 5.41) is 0.665. The maximum absolute atomic E-state index is 6.04. The molecule has 98 valence electrons. The number of nitrogens with zero attached hydrogens (tertiary/aromatic N) is 3. The fraction of sp³-hybridized carbons (Fsp3) is 0.615. The lowest BCUT2D eigenvalue weighted by atomic mass is 10.2. The van der Waals surface area contributed by atoms with Crippen molar-refractivity contribution in [2.24, 2.45) is 5.73 Å². The highest BCUT2D eigenvalue weighted by Gasteiger charge is 2.31. The lowest BCUT2D eigenvalue weighted by Crippen LogP contribution is -2.47. The second-order valence-electron chi connectivity index (χ2n) is 5.09. The van der Waals surface area contributed by atoms with Crippen molar-refractivity contribution in [3.8, 4) is 0 Å². The van der Waals surface area contributed by atoms with E-state index in [1.807, 2.05) is 6.07 Å². The summed E-state index contributed by atoms with van der Waals surface area (Å²) in [4.78, 5) is 9.34. The highest BCUT2D eigenvalue weighted by Crippen LogP contribution is 2.28. The molecule has 1 aromatic heterocycles. The lowest BCUT2D eigenvalue weighted by molar-refractivity contribution is 0.247. The van der Waals surface area contributed by atoms with Gasteiger partial charge in [-0.2, -0.15) is 0 Å². The van der Waals surface area contributed by atoms with E-state index >= 15 is 0 Å². The summed E-state index contributed by atoms with van der Waals surface area (Å²) in [7, 11) is 0. The molecular formula is C13H19ClN4. The van der Waals surface area contributed by atoms with E-state index in [0.29, 0.717) is 11.6 Å². The first-order valence-corrected chi connectivity index (χ1v) is 6.99. The Labute approximate surface area is 113 Å². The van der Waals surface area contributed by atoms with Gasteiger partial charge in [0.2, 0.25) is 0 Å². The van der Waals surface area contributed by atoms with Crippen LogP contribution in [0.5, 0.6) is 0 Å². The number of aromatic nitrogens is 1. The van der Waals surface area contributed by atoms with Crippen molar-refractivity contribution in [3.05, 3.63) is 22.8 Å². The molecule has 2 N–H and O–H groups in total. The normalized spacial score (nSPS) is 21.3. The van der Waals surface area contributed by atoms with E-state index in [1.54, 1.807) is 6.20 Å². The summed E-state index contributed by atoms with van der Waals surface area (Å²) in [6.45, 7) is 4.86. The molecule has 0 bridgehead atoms. The molecule has 3 rings (SSSR count). The largest absolute Gasteiger partial charge is 0.354 e. The monoisotopic (exact) mass is 266 g/mol. The third-order valence-corrected chi connectivity index (χ3v) is 4.18. The molecule has 18 heavy (non-hydrogen) atoms. The zero-order valence-electron chi connectivity index (χ0n) is 10.5. The summed E-state index contributed by atoms with van der Waals surface area (Å²) in [6.07, 6.45) is 4.49. The third kappa shape index (κ3) is 2.46. The van der Waals surface area contributed by atoms with E-state index in [9.17, 15) is 0 Å². The highest BCUT2D eigenvalue weighted by molar-refractivity contribution is 6.31. The first-order chi connectivity index (χ1) is 8.78. The third-order valence-electron chi connectivity index (χ3n) is 3.84. The van der Waals surface area contributed by atoms with Crippen molar-refractivity contribution in [1.29, 1.82) is 0 Å². The second-order valence-corrected chi connectivity index (χ2v) is 5.50. The zero-order chi connectivity index (χ0) is 12.5. The number of piperazine rings is 1. The van der Waals surface area contributed by atoms with Gasteiger partial charge in [0.05, 0.1) is 5.02 Å². The van der Waals surface area contributed by atoms with E-state index in [0.717, 1.165) is 43.6 Å². The van der Waals surface area contributed by atoms with Gasteiger partial charge in [0.15, 0.2) is 0 Å². The lowest BCUT2D eigenvalue weighted by Gasteiger charge is -2.35. The Morgan fingerprint density at radius 3 is 2.61 bits per heavy atom. The number of hydrogen-bond acceptors (Lipinski definition) is 4. The topological polar surface area (TPSA) is 45.4 Å². The Hall–Kier alpha value is -0.840. The van der Waals surface area contributed by atoms with Crippen molar-refractivity contribution in [3.63, 3.8) is 0 Å². The Balaban J connectivity index is 1.67. The Kier molecular flexibility index (Phi) is 3.41. The molecule has 1 saturated carbocycles. The Morgan fingerprint density at radius 2 is 2.00 bits per heavy atom. The molecule has 0 spiro atoms. The van der Waals surface area contributed by atoms with Crippen LogP contribution in [0, 0.1) is 0 Å². The molecule has 5 heteroatoms. The summed E-state index contributed by atoms with van der Waals surface area (Å²) < 4.78 is 0. The molecule has 1 aliphatic carbocycles.